The summed E-state index contributed by atoms with van der Waals surface area (Å²) in [5, 5.41) is 10.5. The number of benzene rings is 3. The van der Waals surface area contributed by atoms with Gasteiger partial charge in [0.15, 0.2) is 0 Å². The van der Waals surface area contributed by atoms with E-state index in [1.807, 2.05) is 18.2 Å². The number of halogens is 1. The van der Waals surface area contributed by atoms with Crippen molar-refractivity contribution >= 4 is 17.8 Å². The molecule has 176 valence electrons. The van der Waals surface area contributed by atoms with Gasteiger partial charge in [0.05, 0.1) is 23.8 Å². The summed E-state index contributed by atoms with van der Waals surface area (Å²) in [6.45, 7) is 0. The molecule has 3 amide bonds. The predicted molar refractivity (Wildman–Crippen MR) is 132 cm³/mol. The molecule has 0 saturated heterocycles. The largest absolute Gasteiger partial charge is 0.369 e. The lowest BCUT2D eigenvalue weighted by atomic mass is 10.1. The Kier molecular flexibility index (Phi) is 6.01. The number of primary amides is 1. The molecule has 1 heterocycles. The highest BCUT2D eigenvalue weighted by molar-refractivity contribution is 5.90. The van der Waals surface area contributed by atoms with E-state index in [9.17, 15) is 14.0 Å². The lowest BCUT2D eigenvalue weighted by Crippen LogP contribution is -2.32. The number of aryl methyl sites for hydroxylation is 1. The van der Waals surface area contributed by atoms with Gasteiger partial charge in [-0.3, -0.25) is 10.1 Å². The lowest BCUT2D eigenvalue weighted by molar-refractivity contribution is -0.117. The Bertz CT molecular complexity index is 1410. The topological polar surface area (TPSA) is 102 Å². The second-order valence-electron chi connectivity index (χ2n) is 8.51. The van der Waals surface area contributed by atoms with Crippen molar-refractivity contribution in [1.29, 1.82) is 0 Å². The maximum atomic E-state index is 14.5. The second-order valence-corrected chi connectivity index (χ2v) is 8.51. The van der Waals surface area contributed by atoms with Gasteiger partial charge in [0.1, 0.15) is 11.6 Å². The van der Waals surface area contributed by atoms with E-state index in [0.29, 0.717) is 28.3 Å². The van der Waals surface area contributed by atoms with Crippen LogP contribution in [-0.4, -0.2) is 21.7 Å². The maximum Gasteiger partial charge on any atom is 0.320 e. The van der Waals surface area contributed by atoms with E-state index in [-0.39, 0.29) is 18.5 Å². The predicted octanol–water partition coefficient (Wildman–Crippen LogP) is 4.52. The van der Waals surface area contributed by atoms with E-state index in [2.05, 4.69) is 21.8 Å². The first kappa shape index (κ1) is 22.3. The molecule has 0 bridgehead atoms. The number of anilines is 1. The molecule has 7 nitrogen and oxygen atoms in total. The molecule has 8 heteroatoms. The molecule has 0 aliphatic heterocycles. The Morgan fingerprint density at radius 1 is 1.03 bits per heavy atom. The van der Waals surface area contributed by atoms with Gasteiger partial charge in [-0.25, -0.2) is 13.9 Å². The first-order valence-corrected chi connectivity index (χ1v) is 11.4. The summed E-state index contributed by atoms with van der Waals surface area (Å²) in [4.78, 5) is 24.4. The first-order chi connectivity index (χ1) is 17.0. The average molecular weight is 470 g/mol. The molecular weight excluding hydrogens is 445 g/mol. The van der Waals surface area contributed by atoms with Crippen LogP contribution in [0.15, 0.2) is 78.9 Å². The van der Waals surface area contributed by atoms with Gasteiger partial charge in [0.2, 0.25) is 5.91 Å². The van der Waals surface area contributed by atoms with Crippen molar-refractivity contribution in [2.24, 2.45) is 5.73 Å². The van der Waals surface area contributed by atoms with Gasteiger partial charge in [-0.2, -0.15) is 5.10 Å². The minimum absolute atomic E-state index is 0.0691. The van der Waals surface area contributed by atoms with Crippen molar-refractivity contribution in [3.63, 3.8) is 0 Å². The molecule has 0 unspecified atom stereocenters. The smallest absolute Gasteiger partial charge is 0.320 e. The van der Waals surface area contributed by atoms with Crippen LogP contribution in [0.5, 0.6) is 0 Å². The number of aromatic nitrogens is 2. The van der Waals surface area contributed by atoms with Crippen LogP contribution in [0.2, 0.25) is 0 Å². The lowest BCUT2D eigenvalue weighted by Gasteiger charge is -2.15. The Labute approximate surface area is 201 Å². The fourth-order valence-corrected chi connectivity index (χ4v) is 4.48. The van der Waals surface area contributed by atoms with Crippen LogP contribution in [-0.2, 0) is 17.6 Å². The summed E-state index contributed by atoms with van der Waals surface area (Å²) in [5.74, 6) is -0.509. The molecule has 0 fully saturated rings. The fourth-order valence-electron chi connectivity index (χ4n) is 4.48. The van der Waals surface area contributed by atoms with Crippen molar-refractivity contribution in [3.05, 3.63) is 101 Å². The van der Waals surface area contributed by atoms with Crippen LogP contribution in [0.25, 0.3) is 16.9 Å². The molecule has 5 rings (SSSR count). The molecule has 0 saturated carbocycles. The normalized spacial score (nSPS) is 14.4. The number of hydrogen-bond donors (Lipinski definition) is 3. The number of carbonyl (C=O) groups excluding carboxylic acids is 2. The zero-order chi connectivity index (χ0) is 24.4. The number of nitrogens with two attached hydrogens (primary N) is 1. The summed E-state index contributed by atoms with van der Waals surface area (Å²) in [6, 6.07) is 22.6. The number of urea groups is 1. The summed E-state index contributed by atoms with van der Waals surface area (Å²) in [6.07, 6.45) is 1.80. The number of nitrogens with zero attached hydrogens (tertiary/aromatic N) is 2. The molecule has 3 aromatic carbocycles. The average Bonchev–Trinajstić information content (AvgIpc) is 3.43. The SMILES string of the molecule is NC(=O)Cc1cccc(-n2nc(-c3ccccc3F)cc2NC(=O)N[C@H]2CCc3ccccc32)c1. The van der Waals surface area contributed by atoms with Gasteiger partial charge in [-0.15, -0.1) is 0 Å². The van der Waals surface area contributed by atoms with Crippen molar-refractivity contribution in [3.8, 4) is 16.9 Å². The number of rotatable bonds is 6. The van der Waals surface area contributed by atoms with E-state index in [4.69, 9.17) is 5.73 Å². The van der Waals surface area contributed by atoms with Crippen LogP contribution in [0, 0.1) is 5.82 Å². The summed E-state index contributed by atoms with van der Waals surface area (Å²) in [7, 11) is 0. The zero-order valence-electron chi connectivity index (χ0n) is 18.9. The Morgan fingerprint density at radius 2 is 1.83 bits per heavy atom. The standard InChI is InChI=1S/C27H24FN5O2/c28-22-11-4-3-10-21(22)24-16-26(33(32-24)19-8-5-6-17(14-19)15-25(29)34)31-27(35)30-23-13-12-18-7-1-2-9-20(18)23/h1-11,14,16,23H,12-13,15H2,(H2,29,34)(H2,30,31,35)/t23-/m0/s1. The van der Waals surface area contributed by atoms with E-state index >= 15 is 0 Å². The molecule has 1 aliphatic carbocycles. The first-order valence-electron chi connectivity index (χ1n) is 11.4. The number of fused-ring (bicyclic) bond motifs is 1. The number of hydrogen-bond acceptors (Lipinski definition) is 3. The molecule has 1 aromatic heterocycles. The summed E-state index contributed by atoms with van der Waals surface area (Å²) < 4.78 is 16.0. The highest BCUT2D eigenvalue weighted by Gasteiger charge is 2.24. The molecule has 4 N–H and O–H groups in total. The zero-order valence-corrected chi connectivity index (χ0v) is 18.9. The van der Waals surface area contributed by atoms with Gasteiger partial charge >= 0.3 is 6.03 Å². The van der Waals surface area contributed by atoms with Gasteiger partial charge < -0.3 is 11.1 Å². The Hall–Kier alpha value is -4.46. The third-order valence-corrected chi connectivity index (χ3v) is 6.07. The van der Waals surface area contributed by atoms with Crippen molar-refractivity contribution in [1.82, 2.24) is 15.1 Å². The minimum atomic E-state index is -0.454. The second kappa shape index (κ2) is 9.42. The Morgan fingerprint density at radius 3 is 2.66 bits per heavy atom. The third kappa shape index (κ3) is 4.77. The monoisotopic (exact) mass is 469 g/mol. The molecule has 1 atom stereocenters. The van der Waals surface area contributed by atoms with Crippen molar-refractivity contribution in [2.75, 3.05) is 5.32 Å². The molecule has 0 spiro atoms. The molecular formula is C27H24FN5O2. The van der Waals surface area contributed by atoms with Crippen LogP contribution in [0.3, 0.4) is 0 Å². The van der Waals surface area contributed by atoms with Gasteiger partial charge in [0, 0.05) is 11.6 Å². The van der Waals surface area contributed by atoms with E-state index in [1.54, 1.807) is 48.5 Å². The van der Waals surface area contributed by atoms with E-state index < -0.39 is 11.7 Å². The van der Waals surface area contributed by atoms with Crippen LogP contribution >= 0.6 is 0 Å². The molecule has 1 aliphatic rings. The van der Waals surface area contributed by atoms with Gasteiger partial charge in [0.25, 0.3) is 0 Å². The number of carbonyl (C=O) groups is 2. The van der Waals surface area contributed by atoms with Crippen molar-refractivity contribution < 1.29 is 14.0 Å². The third-order valence-electron chi connectivity index (χ3n) is 6.07. The Balaban J connectivity index is 1.47. The number of amides is 3. The number of nitrogens with one attached hydrogen (secondary N) is 2. The molecule has 35 heavy (non-hydrogen) atoms. The fraction of sp³-hybridized carbons (Fsp3) is 0.148. The van der Waals surface area contributed by atoms with E-state index in [1.165, 1.54) is 16.3 Å². The maximum absolute atomic E-state index is 14.5. The van der Waals surface area contributed by atoms with E-state index in [0.717, 1.165) is 18.4 Å². The summed E-state index contributed by atoms with van der Waals surface area (Å²) >= 11 is 0. The van der Waals surface area contributed by atoms with Crippen molar-refractivity contribution in [2.45, 2.75) is 25.3 Å². The highest BCUT2D eigenvalue weighted by atomic mass is 19.1. The quantitative estimate of drug-likeness (QED) is 0.387. The van der Waals surface area contributed by atoms with Crippen LogP contribution in [0.4, 0.5) is 15.0 Å². The van der Waals surface area contributed by atoms with Gasteiger partial charge in [-0.1, -0.05) is 48.5 Å². The highest BCUT2D eigenvalue weighted by Crippen LogP contribution is 2.31. The molecule has 4 aromatic rings. The minimum Gasteiger partial charge on any atom is -0.369 e. The van der Waals surface area contributed by atoms with Crippen LogP contribution in [0.1, 0.15) is 29.2 Å². The van der Waals surface area contributed by atoms with Crippen LogP contribution < -0.4 is 16.4 Å². The summed E-state index contributed by atoms with van der Waals surface area (Å²) in [5.41, 5.74) is 9.68. The molecule has 0 radical (unpaired) electrons. The van der Waals surface area contributed by atoms with Gasteiger partial charge in [-0.05, 0) is 53.8 Å².